The molecule has 1 aromatic heterocycles. The predicted octanol–water partition coefficient (Wildman–Crippen LogP) is 5.19. The Hall–Kier alpha value is -4.07. The Balaban J connectivity index is 1.28. The number of halogens is 3. The number of piperazine rings is 1. The number of fused-ring (bicyclic) bond motifs is 5. The van der Waals surface area contributed by atoms with Gasteiger partial charge in [-0.2, -0.15) is 9.97 Å². The van der Waals surface area contributed by atoms with Crippen molar-refractivity contribution in [3.05, 3.63) is 53.6 Å². The normalized spacial score (nSPS) is 26.4. The maximum Gasteiger partial charge on any atom is 0.319 e. The largest absolute Gasteiger partial charge is 0.461 e. The first kappa shape index (κ1) is 27.5. The van der Waals surface area contributed by atoms with Crippen LogP contribution >= 0.6 is 0 Å². The van der Waals surface area contributed by atoms with Gasteiger partial charge in [0.2, 0.25) is 0 Å². The fourth-order valence-electron chi connectivity index (χ4n) is 8.07. The van der Waals surface area contributed by atoms with Crippen molar-refractivity contribution in [1.82, 2.24) is 20.2 Å². The zero-order valence-corrected chi connectivity index (χ0v) is 24.3. The minimum absolute atomic E-state index is 0.0452. The third kappa shape index (κ3) is 4.36. The van der Waals surface area contributed by atoms with Crippen LogP contribution in [-0.2, 0) is 0 Å². The van der Waals surface area contributed by atoms with Crippen LogP contribution in [-0.4, -0.2) is 71.4 Å². The van der Waals surface area contributed by atoms with Crippen LogP contribution in [0.5, 0.6) is 6.01 Å². The van der Waals surface area contributed by atoms with Gasteiger partial charge in [-0.1, -0.05) is 18.1 Å². The summed E-state index contributed by atoms with van der Waals surface area (Å²) in [4.78, 5) is 13.8. The molecule has 0 spiro atoms. The predicted molar refractivity (Wildman–Crippen MR) is 165 cm³/mol. The minimum atomic E-state index is -0.894. The zero-order chi connectivity index (χ0) is 30.2. The van der Waals surface area contributed by atoms with Crippen molar-refractivity contribution >= 4 is 33.2 Å². The van der Waals surface area contributed by atoms with Crippen molar-refractivity contribution in [2.75, 3.05) is 43.4 Å². The number of aromatic nitrogens is 2. The van der Waals surface area contributed by atoms with Gasteiger partial charge >= 0.3 is 6.01 Å². The summed E-state index contributed by atoms with van der Waals surface area (Å²) >= 11 is 0. The van der Waals surface area contributed by atoms with Crippen LogP contribution < -0.4 is 20.7 Å². The van der Waals surface area contributed by atoms with Crippen LogP contribution in [0.3, 0.4) is 0 Å². The number of ether oxygens (including phenoxy) is 1. The standard InChI is InChI=1S/C34H33F3N6O/c1-2-24-28(36)9-4-19-12-21(38)13-27(29(19)24)25-7-8-26-31(30(25)37)40-33(41-32(26)42-16-22-5-6-23(17-42)39-22)44-18-34-10-3-11-43(34)15-20(35)14-34/h1,4,7-9,12-13,20,22-23,39H,3,5-6,10-11,14-18,38H2. The monoisotopic (exact) mass is 598 g/mol. The van der Waals surface area contributed by atoms with Gasteiger partial charge in [0.1, 0.15) is 29.9 Å². The van der Waals surface area contributed by atoms with E-state index in [1.165, 1.54) is 6.07 Å². The van der Waals surface area contributed by atoms with Crippen molar-refractivity contribution in [3.63, 3.8) is 0 Å². The van der Waals surface area contributed by atoms with E-state index in [2.05, 4.69) is 26.0 Å². The fourth-order valence-corrected chi connectivity index (χ4v) is 8.07. The Morgan fingerprint density at radius 1 is 1.07 bits per heavy atom. The average Bonchev–Trinajstić information content (AvgIpc) is 3.66. The molecule has 4 aromatic rings. The van der Waals surface area contributed by atoms with Gasteiger partial charge in [0, 0.05) is 60.2 Å². The van der Waals surface area contributed by atoms with Gasteiger partial charge in [0.25, 0.3) is 0 Å². The first-order chi connectivity index (χ1) is 21.3. The summed E-state index contributed by atoms with van der Waals surface area (Å²) in [7, 11) is 0. The van der Waals surface area contributed by atoms with E-state index in [0.717, 1.165) is 45.3 Å². The molecule has 4 fully saturated rings. The maximum atomic E-state index is 16.8. The highest BCUT2D eigenvalue weighted by Gasteiger charge is 2.49. The van der Waals surface area contributed by atoms with Crippen LogP contribution in [0.15, 0.2) is 36.4 Å². The lowest BCUT2D eigenvalue weighted by atomic mass is 9.92. The average molecular weight is 599 g/mol. The quantitative estimate of drug-likeness (QED) is 0.242. The number of nitrogens with zero attached hydrogens (tertiary/aromatic N) is 4. The van der Waals surface area contributed by atoms with E-state index >= 15 is 4.39 Å². The molecule has 4 unspecified atom stereocenters. The molecule has 0 radical (unpaired) electrons. The Morgan fingerprint density at radius 3 is 2.68 bits per heavy atom. The first-order valence-electron chi connectivity index (χ1n) is 15.3. The topological polar surface area (TPSA) is 79.5 Å². The molecule has 10 heteroatoms. The number of terminal acetylenes is 1. The van der Waals surface area contributed by atoms with Crippen molar-refractivity contribution < 1.29 is 17.9 Å². The molecule has 3 N–H and O–H groups in total. The lowest BCUT2D eigenvalue weighted by Gasteiger charge is -2.34. The molecule has 0 aliphatic carbocycles. The molecule has 226 valence electrons. The number of alkyl halides is 1. The van der Waals surface area contributed by atoms with Crippen molar-refractivity contribution in [3.8, 4) is 29.5 Å². The molecule has 4 atom stereocenters. The lowest BCUT2D eigenvalue weighted by molar-refractivity contribution is 0.107. The molecule has 2 bridgehead atoms. The van der Waals surface area contributed by atoms with Crippen LogP contribution in [0.2, 0.25) is 0 Å². The van der Waals surface area contributed by atoms with Crippen LogP contribution in [0.4, 0.5) is 24.7 Å². The van der Waals surface area contributed by atoms with Crippen LogP contribution in [0.25, 0.3) is 32.8 Å². The summed E-state index contributed by atoms with van der Waals surface area (Å²) in [6.45, 7) is 2.94. The second kappa shape index (κ2) is 10.2. The molecule has 4 aliphatic rings. The van der Waals surface area contributed by atoms with E-state index in [1.807, 2.05) is 6.07 Å². The highest BCUT2D eigenvalue weighted by Crippen LogP contribution is 2.42. The van der Waals surface area contributed by atoms with E-state index in [1.54, 1.807) is 24.3 Å². The molecule has 5 heterocycles. The van der Waals surface area contributed by atoms with E-state index in [-0.39, 0.29) is 29.3 Å². The van der Waals surface area contributed by atoms with Gasteiger partial charge in [-0.15, -0.1) is 6.42 Å². The second-order valence-corrected chi connectivity index (χ2v) is 12.8. The summed E-state index contributed by atoms with van der Waals surface area (Å²) in [5, 5.41) is 5.21. The highest BCUT2D eigenvalue weighted by atomic mass is 19.1. The van der Waals surface area contributed by atoms with Crippen LogP contribution in [0.1, 0.15) is 37.7 Å². The van der Waals surface area contributed by atoms with Gasteiger partial charge in [-0.05, 0) is 67.4 Å². The zero-order valence-electron chi connectivity index (χ0n) is 24.3. The number of nitrogens with two attached hydrogens (primary N) is 1. The van der Waals surface area contributed by atoms with Crippen molar-refractivity contribution in [1.29, 1.82) is 0 Å². The number of hydrogen-bond acceptors (Lipinski definition) is 7. The molecular formula is C34H33F3N6O. The van der Waals surface area contributed by atoms with E-state index < -0.39 is 23.3 Å². The second-order valence-electron chi connectivity index (χ2n) is 12.8. The summed E-state index contributed by atoms with van der Waals surface area (Å²) in [6.07, 6.45) is 9.20. The molecular weight excluding hydrogens is 565 g/mol. The Labute approximate surface area is 253 Å². The molecule has 8 rings (SSSR count). The third-order valence-electron chi connectivity index (χ3n) is 10.0. The summed E-state index contributed by atoms with van der Waals surface area (Å²) in [5.41, 5.74) is 6.95. The number of nitrogens with one attached hydrogen (secondary N) is 1. The summed E-state index contributed by atoms with van der Waals surface area (Å²) in [6, 6.07) is 10.4. The van der Waals surface area contributed by atoms with Crippen LogP contribution in [0, 0.1) is 24.0 Å². The summed E-state index contributed by atoms with van der Waals surface area (Å²) < 4.78 is 52.4. The number of hydrogen-bond donors (Lipinski definition) is 2. The smallest absolute Gasteiger partial charge is 0.319 e. The molecule has 0 amide bonds. The Kier molecular flexibility index (Phi) is 6.40. The Bertz CT molecular complexity index is 1850. The third-order valence-corrected chi connectivity index (χ3v) is 10.0. The number of rotatable bonds is 5. The molecule has 0 saturated carbocycles. The van der Waals surface area contributed by atoms with Gasteiger partial charge in [0.15, 0.2) is 5.82 Å². The number of benzene rings is 3. The first-order valence-corrected chi connectivity index (χ1v) is 15.3. The number of anilines is 2. The molecule has 3 aromatic carbocycles. The minimum Gasteiger partial charge on any atom is -0.461 e. The van der Waals surface area contributed by atoms with Gasteiger partial charge < -0.3 is 20.7 Å². The molecule has 4 aliphatic heterocycles. The lowest BCUT2D eigenvalue weighted by Crippen LogP contribution is -2.51. The maximum absolute atomic E-state index is 16.8. The van der Waals surface area contributed by atoms with Gasteiger partial charge in [-0.3, -0.25) is 4.90 Å². The summed E-state index contributed by atoms with van der Waals surface area (Å²) in [5.74, 6) is 1.88. The van der Waals surface area contributed by atoms with E-state index in [0.29, 0.717) is 58.3 Å². The van der Waals surface area contributed by atoms with Gasteiger partial charge in [-0.25, -0.2) is 13.2 Å². The SMILES string of the molecule is C#Cc1c(F)ccc2cc(N)cc(-c3ccc4c(N5CC6CCC(C5)N6)nc(OCC56CCCN5CC(F)C6)nc4c3F)c12. The molecule has 44 heavy (non-hydrogen) atoms. The molecule has 4 saturated heterocycles. The molecule has 7 nitrogen and oxygen atoms in total. The van der Waals surface area contributed by atoms with Gasteiger partial charge in [0.05, 0.1) is 11.1 Å². The Morgan fingerprint density at radius 2 is 1.89 bits per heavy atom. The highest BCUT2D eigenvalue weighted by molar-refractivity contribution is 6.04. The number of nitrogen functional groups attached to an aromatic ring is 1. The van der Waals surface area contributed by atoms with E-state index in [9.17, 15) is 8.78 Å². The van der Waals surface area contributed by atoms with Crippen molar-refractivity contribution in [2.45, 2.75) is 55.9 Å². The van der Waals surface area contributed by atoms with Crippen molar-refractivity contribution in [2.24, 2.45) is 0 Å². The van der Waals surface area contributed by atoms with E-state index in [4.69, 9.17) is 21.9 Å². The fraction of sp³-hybridized carbons (Fsp3) is 0.412.